The van der Waals surface area contributed by atoms with E-state index >= 15 is 0 Å². The van der Waals surface area contributed by atoms with Crippen LogP contribution in [0.5, 0.6) is 5.75 Å². The lowest BCUT2D eigenvalue weighted by atomic mass is 9.96. The second-order valence-electron chi connectivity index (χ2n) is 4.15. The number of phenolic OH excluding ortho intramolecular Hbond substituents is 1. The molecule has 0 aromatic heterocycles. The fraction of sp³-hybridized carbons (Fsp3) is 0.143. The molecule has 2 aromatic rings. The van der Waals surface area contributed by atoms with Crippen molar-refractivity contribution < 1.29 is 5.11 Å². The Bertz CT molecular complexity index is 537. The van der Waals surface area contributed by atoms with Crippen LogP contribution in [0.4, 0.5) is 5.69 Å². The minimum Gasteiger partial charge on any atom is -0.508 e. The van der Waals surface area contributed by atoms with Gasteiger partial charge in [-0.15, -0.1) is 0 Å². The summed E-state index contributed by atoms with van der Waals surface area (Å²) in [7, 11) is 0. The molecule has 5 N–H and O–H groups in total. The summed E-state index contributed by atoms with van der Waals surface area (Å²) in [4.78, 5) is 0. The van der Waals surface area contributed by atoms with Crippen molar-refractivity contribution in [2.24, 2.45) is 5.73 Å². The molecule has 0 radical (unpaired) electrons. The van der Waals surface area contributed by atoms with Crippen LogP contribution in [-0.2, 0) is 0 Å². The van der Waals surface area contributed by atoms with Gasteiger partial charge in [0.15, 0.2) is 0 Å². The van der Waals surface area contributed by atoms with E-state index in [0.29, 0.717) is 5.69 Å². The van der Waals surface area contributed by atoms with E-state index in [9.17, 15) is 5.11 Å². The van der Waals surface area contributed by atoms with Gasteiger partial charge in [-0.3, -0.25) is 0 Å². The highest BCUT2D eigenvalue weighted by Gasteiger charge is 2.13. The molecule has 88 valence electrons. The minimum absolute atomic E-state index is 0.212. The van der Waals surface area contributed by atoms with Crippen LogP contribution in [0.25, 0.3) is 0 Å². The number of para-hydroxylation sites is 1. The van der Waals surface area contributed by atoms with Gasteiger partial charge in [-0.1, -0.05) is 30.3 Å². The number of hydrogen-bond donors (Lipinski definition) is 3. The Balaban J connectivity index is 2.44. The largest absolute Gasteiger partial charge is 0.508 e. The van der Waals surface area contributed by atoms with Gasteiger partial charge in [-0.05, 0) is 35.7 Å². The van der Waals surface area contributed by atoms with Gasteiger partial charge >= 0.3 is 0 Å². The van der Waals surface area contributed by atoms with E-state index in [1.165, 1.54) is 0 Å². The molecule has 0 saturated carbocycles. The second-order valence-corrected chi connectivity index (χ2v) is 4.15. The van der Waals surface area contributed by atoms with Gasteiger partial charge in [0.1, 0.15) is 5.75 Å². The Hall–Kier alpha value is -2.00. The molecule has 1 atom stereocenters. The number of rotatable bonds is 2. The molecule has 0 bridgehead atoms. The maximum absolute atomic E-state index is 9.45. The Morgan fingerprint density at radius 1 is 1.12 bits per heavy atom. The third-order valence-electron chi connectivity index (χ3n) is 2.92. The van der Waals surface area contributed by atoms with Crippen LogP contribution in [0.3, 0.4) is 0 Å². The van der Waals surface area contributed by atoms with Crippen LogP contribution >= 0.6 is 0 Å². The van der Waals surface area contributed by atoms with Crippen LogP contribution in [-0.4, -0.2) is 5.11 Å². The van der Waals surface area contributed by atoms with Gasteiger partial charge in [-0.25, -0.2) is 0 Å². The molecule has 1 unspecified atom stereocenters. The van der Waals surface area contributed by atoms with Crippen molar-refractivity contribution in [2.75, 3.05) is 5.73 Å². The van der Waals surface area contributed by atoms with Crippen molar-refractivity contribution in [1.29, 1.82) is 0 Å². The summed E-state index contributed by atoms with van der Waals surface area (Å²) < 4.78 is 0. The van der Waals surface area contributed by atoms with Crippen LogP contribution in [0.15, 0.2) is 42.5 Å². The molecule has 0 saturated heterocycles. The maximum atomic E-state index is 9.45. The number of aryl methyl sites for hydroxylation is 1. The van der Waals surface area contributed by atoms with Crippen LogP contribution in [0, 0.1) is 6.92 Å². The molecular formula is C14H16N2O. The lowest BCUT2D eigenvalue weighted by Gasteiger charge is -2.16. The Morgan fingerprint density at radius 2 is 1.82 bits per heavy atom. The van der Waals surface area contributed by atoms with Crippen molar-refractivity contribution in [3.05, 3.63) is 59.2 Å². The smallest absolute Gasteiger partial charge is 0.115 e. The fourth-order valence-corrected chi connectivity index (χ4v) is 1.87. The zero-order valence-corrected chi connectivity index (χ0v) is 9.72. The third-order valence-corrected chi connectivity index (χ3v) is 2.92. The van der Waals surface area contributed by atoms with E-state index in [-0.39, 0.29) is 11.8 Å². The first-order valence-electron chi connectivity index (χ1n) is 5.49. The number of phenols is 1. The highest BCUT2D eigenvalue weighted by atomic mass is 16.3. The number of nitrogen functional groups attached to an aromatic ring is 1. The summed E-state index contributed by atoms with van der Waals surface area (Å²) in [6.45, 7) is 1.95. The zero-order valence-electron chi connectivity index (χ0n) is 9.72. The molecule has 2 aromatic carbocycles. The standard InChI is InChI=1S/C14H16N2O/c1-9-4-2-7-12(13(9)15)14(16)10-5-3-6-11(17)8-10/h2-8,14,17H,15-16H2,1H3. The summed E-state index contributed by atoms with van der Waals surface area (Å²) in [5.41, 5.74) is 15.6. The van der Waals surface area contributed by atoms with Gasteiger partial charge in [-0.2, -0.15) is 0 Å². The van der Waals surface area contributed by atoms with Crippen molar-refractivity contribution in [2.45, 2.75) is 13.0 Å². The molecular weight excluding hydrogens is 212 g/mol. The number of benzene rings is 2. The van der Waals surface area contributed by atoms with Crippen LogP contribution < -0.4 is 11.5 Å². The Kier molecular flexibility index (Phi) is 3.02. The number of aromatic hydroxyl groups is 1. The number of hydrogen-bond acceptors (Lipinski definition) is 3. The van der Waals surface area contributed by atoms with Gasteiger partial charge in [0.05, 0.1) is 6.04 Å². The monoisotopic (exact) mass is 228 g/mol. The van der Waals surface area contributed by atoms with Crippen molar-refractivity contribution in [3.63, 3.8) is 0 Å². The normalized spacial score (nSPS) is 12.4. The van der Waals surface area contributed by atoms with Crippen molar-refractivity contribution >= 4 is 5.69 Å². The average molecular weight is 228 g/mol. The van der Waals surface area contributed by atoms with Crippen molar-refractivity contribution in [1.82, 2.24) is 0 Å². The molecule has 3 nitrogen and oxygen atoms in total. The fourth-order valence-electron chi connectivity index (χ4n) is 1.87. The minimum atomic E-state index is -0.318. The number of nitrogens with two attached hydrogens (primary N) is 2. The molecule has 0 aliphatic rings. The summed E-state index contributed by atoms with van der Waals surface area (Å²) in [5.74, 6) is 0.212. The topological polar surface area (TPSA) is 72.3 Å². The van der Waals surface area contributed by atoms with Gasteiger partial charge in [0.2, 0.25) is 0 Å². The molecule has 17 heavy (non-hydrogen) atoms. The molecule has 0 spiro atoms. The SMILES string of the molecule is Cc1cccc(C(N)c2cccc(O)c2)c1N. The second kappa shape index (κ2) is 4.47. The highest BCUT2D eigenvalue weighted by Crippen LogP contribution is 2.28. The maximum Gasteiger partial charge on any atom is 0.115 e. The van der Waals surface area contributed by atoms with Crippen molar-refractivity contribution in [3.8, 4) is 5.75 Å². The first kappa shape index (κ1) is 11.5. The van der Waals surface area contributed by atoms with Crippen LogP contribution in [0.2, 0.25) is 0 Å². The van der Waals surface area contributed by atoms with Gasteiger partial charge < -0.3 is 16.6 Å². The lowest BCUT2D eigenvalue weighted by molar-refractivity contribution is 0.474. The van der Waals surface area contributed by atoms with Gasteiger partial charge in [0.25, 0.3) is 0 Å². The van der Waals surface area contributed by atoms with E-state index in [4.69, 9.17) is 11.5 Å². The van der Waals surface area contributed by atoms with Crippen LogP contribution in [0.1, 0.15) is 22.7 Å². The third kappa shape index (κ3) is 2.24. The molecule has 0 aliphatic carbocycles. The summed E-state index contributed by atoms with van der Waals surface area (Å²) in [5, 5.41) is 9.45. The highest BCUT2D eigenvalue weighted by molar-refractivity contribution is 5.56. The molecule has 0 fully saturated rings. The molecule has 0 heterocycles. The lowest BCUT2D eigenvalue weighted by Crippen LogP contribution is -2.14. The first-order valence-corrected chi connectivity index (χ1v) is 5.49. The Morgan fingerprint density at radius 3 is 2.53 bits per heavy atom. The summed E-state index contributed by atoms with van der Waals surface area (Å²) >= 11 is 0. The van der Waals surface area contributed by atoms with E-state index in [1.807, 2.05) is 31.2 Å². The number of anilines is 1. The predicted molar refractivity (Wildman–Crippen MR) is 69.7 cm³/mol. The van der Waals surface area contributed by atoms with E-state index in [2.05, 4.69) is 0 Å². The molecule has 3 heteroatoms. The first-order chi connectivity index (χ1) is 8.09. The van der Waals surface area contributed by atoms with E-state index in [1.54, 1.807) is 18.2 Å². The quantitative estimate of drug-likeness (QED) is 0.691. The summed E-state index contributed by atoms with van der Waals surface area (Å²) in [6, 6.07) is 12.4. The summed E-state index contributed by atoms with van der Waals surface area (Å²) in [6.07, 6.45) is 0. The molecule has 0 aliphatic heterocycles. The molecule has 2 rings (SSSR count). The molecule has 0 amide bonds. The van der Waals surface area contributed by atoms with E-state index < -0.39 is 0 Å². The average Bonchev–Trinajstić information content (AvgIpc) is 2.32. The van der Waals surface area contributed by atoms with E-state index in [0.717, 1.165) is 16.7 Å². The zero-order chi connectivity index (χ0) is 12.4. The predicted octanol–water partition coefficient (Wildman–Crippen LogP) is 2.33. The Labute approximate surface area is 101 Å². The van der Waals surface area contributed by atoms with Gasteiger partial charge in [0, 0.05) is 5.69 Å².